The van der Waals surface area contributed by atoms with Gasteiger partial charge in [-0.2, -0.15) is 13.1 Å². The molecule has 1 atom stereocenters. The van der Waals surface area contributed by atoms with Crippen molar-refractivity contribution in [1.29, 1.82) is 0 Å². The second kappa shape index (κ2) is 11.6. The number of hydrogen-bond donors (Lipinski definition) is 0. The Morgan fingerprint density at radius 3 is 2.34 bits per heavy atom. The van der Waals surface area contributed by atoms with Gasteiger partial charge in [0.15, 0.2) is 0 Å². The molecule has 2 aromatic rings. The van der Waals surface area contributed by atoms with E-state index in [9.17, 15) is 17.5 Å². The predicted molar refractivity (Wildman–Crippen MR) is 108 cm³/mol. The van der Waals surface area contributed by atoms with E-state index in [-0.39, 0.29) is 46.0 Å². The second-order valence-corrected chi connectivity index (χ2v) is 7.51. The molecule has 2 rings (SSSR count). The molecule has 1 radical (unpaired) electrons. The molecule has 0 fully saturated rings. The van der Waals surface area contributed by atoms with Crippen molar-refractivity contribution < 1.29 is 39.0 Å². The summed E-state index contributed by atoms with van der Waals surface area (Å²) >= 11 is 0. The zero-order valence-electron chi connectivity index (χ0n) is 17.0. The molecule has 32 heavy (non-hydrogen) atoms. The number of azo groups is 1. The van der Waals surface area contributed by atoms with Crippen LogP contribution in [0.1, 0.15) is 13.8 Å². The number of alkyl halides is 2. The third-order valence-corrected chi connectivity index (χ3v) is 5.19. The van der Waals surface area contributed by atoms with Crippen molar-refractivity contribution in [1.82, 2.24) is 9.55 Å². The summed E-state index contributed by atoms with van der Waals surface area (Å²) in [5.74, 6) is -4.06. The van der Waals surface area contributed by atoms with Gasteiger partial charge >= 0.3 is 11.7 Å². The molecule has 1 aromatic carbocycles. The molecule has 175 valence electrons. The van der Waals surface area contributed by atoms with Crippen LogP contribution in [-0.2, 0) is 38.5 Å². The Morgan fingerprint density at radius 2 is 1.88 bits per heavy atom. The Labute approximate surface area is 193 Å². The number of rotatable bonds is 8. The number of anilines is 1. The van der Waals surface area contributed by atoms with E-state index in [1.54, 1.807) is 6.07 Å². The fourth-order valence-electron chi connectivity index (χ4n) is 2.53. The fraction of sp³-hybridized carbons (Fsp3) is 0.353. The Hall–Kier alpha value is -2.97. The Balaban J connectivity index is 0.00000512. The zero-order valence-corrected chi connectivity index (χ0v) is 18.7. The average Bonchev–Trinajstić information content (AvgIpc) is 3.08. The van der Waals surface area contributed by atoms with Crippen LogP contribution in [0.5, 0.6) is 0 Å². The van der Waals surface area contributed by atoms with E-state index < -0.39 is 15.8 Å². The molecule has 1 heterocycles. The van der Waals surface area contributed by atoms with Crippen molar-refractivity contribution in [2.75, 3.05) is 18.0 Å². The maximum absolute atomic E-state index is 13.1. The van der Waals surface area contributed by atoms with Gasteiger partial charge in [-0.3, -0.25) is 0 Å². The summed E-state index contributed by atoms with van der Waals surface area (Å²) in [5.41, 5.74) is 0.0688. The van der Waals surface area contributed by atoms with Gasteiger partial charge in [0.1, 0.15) is 11.4 Å². The van der Waals surface area contributed by atoms with Crippen LogP contribution < -0.4 is 4.90 Å². The summed E-state index contributed by atoms with van der Waals surface area (Å²) in [6.07, 6.45) is 0. The summed E-state index contributed by atoms with van der Waals surface area (Å²) in [6, 6.07) is 4.28. The number of imidazole rings is 1. The van der Waals surface area contributed by atoms with Crippen LogP contribution in [-0.4, -0.2) is 32.6 Å². The summed E-state index contributed by atoms with van der Waals surface area (Å²) in [4.78, 5) is 12.0. The molecule has 0 aliphatic carbocycles. The van der Waals surface area contributed by atoms with Crippen molar-refractivity contribution in [3.63, 3.8) is 0 Å². The van der Waals surface area contributed by atoms with Gasteiger partial charge in [-0.25, -0.2) is 8.78 Å². The largest absolute Gasteiger partial charge is 0.416 e. The van der Waals surface area contributed by atoms with Crippen LogP contribution in [0.4, 0.5) is 48.0 Å². The van der Waals surface area contributed by atoms with Gasteiger partial charge in [-0.15, -0.1) is 5.11 Å². The number of halogens is 3. The monoisotopic (exact) mass is 517 g/mol. The van der Waals surface area contributed by atoms with Gasteiger partial charge in [0, 0.05) is 35.8 Å². The minimum atomic E-state index is -4.97. The standard InChI is InChI=1S/C17H17F3N8O2S.Cu/c1-6-28(7-2)11-8-9-12(13(10-11)26-31(29,30-20)16(18)19)24-25-17-23-14(21-3)15(22-4)27(17)5;/h8-10,16H,6-7H2,1-2,5H3;. The minimum Gasteiger partial charge on any atom is -0.373 e. The second-order valence-electron chi connectivity index (χ2n) is 5.82. The first-order valence-corrected chi connectivity index (χ1v) is 10.2. The summed E-state index contributed by atoms with van der Waals surface area (Å²) < 4.78 is 58.2. The zero-order chi connectivity index (χ0) is 23.2. The van der Waals surface area contributed by atoms with Crippen LogP contribution in [0.15, 0.2) is 32.8 Å². The Kier molecular flexibility index (Phi) is 9.80. The molecule has 0 spiro atoms. The quantitative estimate of drug-likeness (QED) is 0.247. The van der Waals surface area contributed by atoms with Gasteiger partial charge in [0.25, 0.3) is 21.6 Å². The van der Waals surface area contributed by atoms with E-state index in [0.29, 0.717) is 18.8 Å². The van der Waals surface area contributed by atoms with Crippen LogP contribution in [0.25, 0.3) is 9.69 Å². The molecule has 0 saturated carbocycles. The Morgan fingerprint density at radius 1 is 1.22 bits per heavy atom. The molecule has 0 saturated heterocycles. The topological polar surface area (TPSA) is 93.2 Å². The SMILES string of the molecule is [C-]#[N+]c1nc(N=Nc2ccc(N(CC)CC)cc2N=S(=O)(OF)C(F)F)n(C)c1[N+]#[C-].[Cu]. The number of aromatic nitrogens is 2. The smallest absolute Gasteiger partial charge is 0.373 e. The average molecular weight is 518 g/mol. The number of nitrogens with zero attached hydrogens (tertiary/aromatic N) is 8. The predicted octanol–water partition coefficient (Wildman–Crippen LogP) is 5.92. The van der Waals surface area contributed by atoms with Gasteiger partial charge in [-0.05, 0) is 36.6 Å². The van der Waals surface area contributed by atoms with Crippen molar-refractivity contribution >= 4 is 44.7 Å². The first-order chi connectivity index (χ1) is 14.7. The molecule has 10 nitrogen and oxygen atoms in total. The first-order valence-electron chi connectivity index (χ1n) is 8.71. The molecular formula is C17H17CuF3N8O2S. The molecule has 1 aromatic heterocycles. The van der Waals surface area contributed by atoms with E-state index in [0.717, 1.165) is 0 Å². The van der Waals surface area contributed by atoms with Crippen molar-refractivity contribution in [3.8, 4) is 0 Å². The van der Waals surface area contributed by atoms with Crippen LogP contribution in [0, 0.1) is 13.1 Å². The molecular weight excluding hydrogens is 501 g/mol. The number of hydrogen-bond acceptors (Lipinski definition) is 7. The van der Waals surface area contributed by atoms with Gasteiger partial charge < -0.3 is 14.6 Å². The normalized spacial score (nSPS) is 12.7. The van der Waals surface area contributed by atoms with Crippen LogP contribution >= 0.6 is 0 Å². The van der Waals surface area contributed by atoms with Gasteiger partial charge in [0.2, 0.25) is 0 Å². The van der Waals surface area contributed by atoms with Crippen molar-refractivity contribution in [3.05, 3.63) is 41.0 Å². The summed E-state index contributed by atoms with van der Waals surface area (Å²) in [6.45, 7) is 19.0. The third-order valence-electron chi connectivity index (χ3n) is 4.11. The van der Waals surface area contributed by atoms with E-state index in [4.69, 9.17) is 13.1 Å². The molecule has 0 amide bonds. The molecule has 1 unspecified atom stereocenters. The summed E-state index contributed by atoms with van der Waals surface area (Å²) in [5, 5.41) is 7.70. The minimum absolute atomic E-state index is 0. The maximum atomic E-state index is 13.1. The third kappa shape index (κ3) is 5.63. The van der Waals surface area contributed by atoms with E-state index in [2.05, 4.69) is 33.7 Å². The molecule has 0 aliphatic heterocycles. The first kappa shape index (κ1) is 27.1. The molecule has 15 heteroatoms. The molecule has 0 bridgehead atoms. The maximum Gasteiger partial charge on any atom is 0.416 e. The van der Waals surface area contributed by atoms with Gasteiger partial charge in [0.05, 0.1) is 7.05 Å². The van der Waals surface area contributed by atoms with E-state index >= 15 is 0 Å². The van der Waals surface area contributed by atoms with Crippen molar-refractivity contribution in [2.45, 2.75) is 19.6 Å². The van der Waals surface area contributed by atoms with E-state index in [1.807, 2.05) is 18.7 Å². The van der Waals surface area contributed by atoms with Crippen LogP contribution in [0.3, 0.4) is 0 Å². The van der Waals surface area contributed by atoms with Gasteiger partial charge in [-0.1, -0.05) is 27.6 Å². The summed E-state index contributed by atoms with van der Waals surface area (Å²) in [7, 11) is -3.53. The van der Waals surface area contributed by atoms with E-state index in [1.165, 1.54) is 23.7 Å². The Bertz CT molecular complexity index is 1190. The molecule has 0 N–H and O–H groups in total. The van der Waals surface area contributed by atoms with Crippen molar-refractivity contribution in [2.24, 2.45) is 21.6 Å². The number of benzene rings is 1. The molecule has 0 aliphatic rings. The fourth-order valence-corrected chi connectivity index (χ4v) is 3.11. The van der Waals surface area contributed by atoms with Crippen LogP contribution in [0.2, 0.25) is 0 Å².